The van der Waals surface area contributed by atoms with Crippen molar-refractivity contribution in [3.05, 3.63) is 65.2 Å². The lowest BCUT2D eigenvalue weighted by Gasteiger charge is -2.40. The number of hydrogen-bond donors (Lipinski definition) is 2. The number of amides is 1. The average Bonchev–Trinajstić information content (AvgIpc) is 2.90. The van der Waals surface area contributed by atoms with E-state index in [-0.39, 0.29) is 11.8 Å². The molecule has 3 N–H and O–H groups in total. The molecule has 38 heavy (non-hydrogen) atoms. The molecule has 8 heteroatoms. The van der Waals surface area contributed by atoms with Gasteiger partial charge in [-0.15, -0.1) is 0 Å². The zero-order chi connectivity index (χ0) is 27.8. The molecule has 0 spiro atoms. The molecule has 0 saturated heterocycles. The van der Waals surface area contributed by atoms with Crippen LogP contribution >= 0.6 is 0 Å². The molecule has 0 radical (unpaired) electrons. The summed E-state index contributed by atoms with van der Waals surface area (Å²) in [5, 5.41) is 3.39. The van der Waals surface area contributed by atoms with Crippen LogP contribution in [0.25, 0.3) is 11.1 Å². The number of rotatable bonds is 8. The van der Waals surface area contributed by atoms with Crippen molar-refractivity contribution >= 4 is 23.8 Å². The Labute approximate surface area is 223 Å². The van der Waals surface area contributed by atoms with Crippen LogP contribution in [0.15, 0.2) is 48.5 Å². The number of para-hydroxylation sites is 1. The summed E-state index contributed by atoms with van der Waals surface area (Å²) in [4.78, 5) is 26.4. The largest absolute Gasteiger partial charge is 0.496 e. The molecule has 200 valence electrons. The van der Waals surface area contributed by atoms with Gasteiger partial charge in [0.25, 0.3) is 12.4 Å². The molecule has 1 aliphatic rings. The van der Waals surface area contributed by atoms with Crippen molar-refractivity contribution in [3.8, 4) is 28.4 Å². The number of likely N-dealkylation sites (N-methyl/N-ethyl adjacent to an activating group) is 1. The summed E-state index contributed by atoms with van der Waals surface area (Å²) in [7, 11) is 4.91. The molecule has 3 aromatic rings. The van der Waals surface area contributed by atoms with E-state index in [1.54, 1.807) is 32.2 Å². The van der Waals surface area contributed by atoms with Crippen molar-refractivity contribution in [2.24, 2.45) is 5.73 Å². The fraction of sp³-hybridized carbons (Fsp3) is 0.333. The van der Waals surface area contributed by atoms with E-state index in [1.807, 2.05) is 56.3 Å². The quantitative estimate of drug-likeness (QED) is 0.394. The molecule has 1 aliphatic heterocycles. The van der Waals surface area contributed by atoms with Gasteiger partial charge < -0.3 is 30.2 Å². The number of benzene rings is 3. The van der Waals surface area contributed by atoms with Crippen LogP contribution in [-0.4, -0.2) is 39.2 Å². The molecule has 3 aromatic carbocycles. The number of nitrogens with zero attached hydrogens (tertiary/aromatic N) is 1. The van der Waals surface area contributed by atoms with Gasteiger partial charge in [0.2, 0.25) is 0 Å². The molecule has 1 heterocycles. The normalized spacial score (nSPS) is 15.0. The maximum absolute atomic E-state index is 13.4. The molecule has 4 rings (SSSR count). The van der Waals surface area contributed by atoms with Crippen molar-refractivity contribution in [1.29, 1.82) is 0 Å². The topological polar surface area (TPSA) is 103 Å². The predicted octanol–water partition coefficient (Wildman–Crippen LogP) is 5.24. The van der Waals surface area contributed by atoms with Gasteiger partial charge in [0.05, 0.1) is 31.6 Å². The number of carbonyl (C=O) groups is 2. The number of hydrogen-bond acceptors (Lipinski definition) is 7. The van der Waals surface area contributed by atoms with Crippen molar-refractivity contribution in [2.45, 2.75) is 45.2 Å². The van der Waals surface area contributed by atoms with E-state index in [0.29, 0.717) is 35.0 Å². The zero-order valence-electron chi connectivity index (χ0n) is 22.9. The molecular weight excluding hydrogens is 482 g/mol. The molecule has 1 amide bonds. The fourth-order valence-corrected chi connectivity index (χ4v) is 5.28. The molecule has 1 unspecified atom stereocenters. The second kappa shape index (κ2) is 10.4. The van der Waals surface area contributed by atoms with Crippen molar-refractivity contribution in [2.75, 3.05) is 31.5 Å². The first-order chi connectivity index (χ1) is 18.1. The highest BCUT2D eigenvalue weighted by molar-refractivity contribution is 6.09. The summed E-state index contributed by atoms with van der Waals surface area (Å²) >= 11 is 0. The van der Waals surface area contributed by atoms with Gasteiger partial charge in [0.15, 0.2) is 11.5 Å². The lowest BCUT2D eigenvalue weighted by Crippen LogP contribution is -2.53. The number of methoxy groups -OCH3 is 2. The number of carbonyl (C=O) groups excluding carboxylic acids is 2. The van der Waals surface area contributed by atoms with Crippen molar-refractivity contribution in [3.63, 3.8) is 0 Å². The number of ether oxygens (including phenoxy) is 3. The third-order valence-electron chi connectivity index (χ3n) is 7.05. The Morgan fingerprint density at radius 3 is 2.32 bits per heavy atom. The monoisotopic (exact) mass is 517 g/mol. The van der Waals surface area contributed by atoms with E-state index in [0.717, 1.165) is 27.9 Å². The van der Waals surface area contributed by atoms with Crippen LogP contribution in [0.5, 0.6) is 17.2 Å². The first-order valence-electron chi connectivity index (χ1n) is 12.5. The molecule has 0 fully saturated rings. The molecule has 0 aromatic heterocycles. The van der Waals surface area contributed by atoms with E-state index < -0.39 is 11.6 Å². The first-order valence-corrected chi connectivity index (χ1v) is 12.5. The van der Waals surface area contributed by atoms with Gasteiger partial charge in [0, 0.05) is 23.7 Å². The lowest BCUT2D eigenvalue weighted by atomic mass is 9.83. The fourth-order valence-electron chi connectivity index (χ4n) is 5.28. The summed E-state index contributed by atoms with van der Waals surface area (Å²) < 4.78 is 16.8. The number of anilines is 2. The summed E-state index contributed by atoms with van der Waals surface area (Å²) in [5.41, 5.74) is 11.7. The standard InChI is InChI=1S/C30H35N3O5/c1-17(2)18-13-15-23(38-16-34)28(37-7)24(18)20-12-14-21-27(33(5)29(35)30(3,4)32-21)25(20)26(31)19-10-8-9-11-22(19)36-6/h8-17,26,32H,31H2,1-7H3. The van der Waals surface area contributed by atoms with Crippen LogP contribution in [0.3, 0.4) is 0 Å². The molecular formula is C30H35N3O5. The van der Waals surface area contributed by atoms with Crippen LogP contribution in [-0.2, 0) is 9.59 Å². The molecule has 0 bridgehead atoms. The van der Waals surface area contributed by atoms with Crippen molar-refractivity contribution < 1.29 is 23.8 Å². The second-order valence-electron chi connectivity index (χ2n) is 10.2. The van der Waals surface area contributed by atoms with Gasteiger partial charge in [-0.1, -0.05) is 44.2 Å². The Morgan fingerprint density at radius 2 is 1.68 bits per heavy atom. The smallest absolute Gasteiger partial charge is 0.298 e. The van der Waals surface area contributed by atoms with E-state index in [1.165, 1.54) is 0 Å². The van der Waals surface area contributed by atoms with Crippen LogP contribution < -0.4 is 30.2 Å². The minimum atomic E-state index is -0.798. The zero-order valence-corrected chi connectivity index (χ0v) is 22.9. The minimum Gasteiger partial charge on any atom is -0.496 e. The molecule has 1 atom stereocenters. The first kappa shape index (κ1) is 27.0. The summed E-state index contributed by atoms with van der Waals surface area (Å²) in [5.74, 6) is 1.35. The Hall–Kier alpha value is -4.04. The molecule has 0 aliphatic carbocycles. The Kier molecular flexibility index (Phi) is 7.37. The maximum Gasteiger partial charge on any atom is 0.298 e. The van der Waals surface area contributed by atoms with Gasteiger partial charge in [-0.3, -0.25) is 9.59 Å². The number of nitrogens with one attached hydrogen (secondary N) is 1. The predicted molar refractivity (Wildman–Crippen MR) is 149 cm³/mol. The molecule has 0 saturated carbocycles. The van der Waals surface area contributed by atoms with Crippen LogP contribution in [0, 0.1) is 0 Å². The average molecular weight is 518 g/mol. The lowest BCUT2D eigenvalue weighted by molar-refractivity contribution is -0.122. The third kappa shape index (κ3) is 4.45. The SMILES string of the molecule is COc1ccccc1C(N)c1c(-c2c(C(C)C)ccc(OC=O)c2OC)ccc2c1N(C)C(=O)C(C)(C)N2. The maximum atomic E-state index is 13.4. The van der Waals surface area contributed by atoms with E-state index >= 15 is 0 Å². The van der Waals surface area contributed by atoms with Gasteiger partial charge >= 0.3 is 0 Å². The van der Waals surface area contributed by atoms with Gasteiger partial charge in [-0.2, -0.15) is 0 Å². The Bertz CT molecular complexity index is 1380. The van der Waals surface area contributed by atoms with Gasteiger partial charge in [-0.25, -0.2) is 0 Å². The minimum absolute atomic E-state index is 0.0929. The number of fused-ring (bicyclic) bond motifs is 1. The van der Waals surface area contributed by atoms with Crippen LogP contribution in [0.4, 0.5) is 11.4 Å². The highest BCUT2D eigenvalue weighted by Gasteiger charge is 2.40. The number of nitrogens with two attached hydrogens (primary N) is 1. The van der Waals surface area contributed by atoms with Gasteiger partial charge in [-0.05, 0) is 49.1 Å². The van der Waals surface area contributed by atoms with Gasteiger partial charge in [0.1, 0.15) is 11.3 Å². The summed E-state index contributed by atoms with van der Waals surface area (Å²) in [6.45, 7) is 8.24. The third-order valence-corrected chi connectivity index (χ3v) is 7.05. The van der Waals surface area contributed by atoms with E-state index in [9.17, 15) is 9.59 Å². The van der Waals surface area contributed by atoms with Crippen molar-refractivity contribution in [1.82, 2.24) is 0 Å². The Morgan fingerprint density at radius 1 is 0.974 bits per heavy atom. The summed E-state index contributed by atoms with van der Waals surface area (Å²) in [6, 6.07) is 14.5. The van der Waals surface area contributed by atoms with E-state index in [2.05, 4.69) is 19.2 Å². The molecule has 8 nitrogen and oxygen atoms in total. The highest BCUT2D eigenvalue weighted by Crippen LogP contribution is 2.51. The van der Waals surface area contributed by atoms with Crippen LogP contribution in [0.1, 0.15) is 56.3 Å². The van der Waals surface area contributed by atoms with E-state index in [4.69, 9.17) is 19.9 Å². The Balaban J connectivity index is 2.14. The summed E-state index contributed by atoms with van der Waals surface area (Å²) in [6.07, 6.45) is 0. The van der Waals surface area contributed by atoms with Crippen LogP contribution in [0.2, 0.25) is 0 Å². The second-order valence-corrected chi connectivity index (χ2v) is 10.2. The highest BCUT2D eigenvalue weighted by atomic mass is 16.5.